The Labute approximate surface area is 247 Å². The maximum atomic E-state index is 13.4. The molecule has 0 radical (unpaired) electrons. The zero-order valence-corrected chi connectivity index (χ0v) is 24.5. The number of esters is 1. The van der Waals surface area contributed by atoms with Gasteiger partial charge in [-0.3, -0.25) is 4.68 Å². The SMILES string of the molecule is COC(=O)C(C)(C)n1cc(-c2cc3c(N4CCN(c5ncc(C(C)(N)c6ccc(F)cc6)cn5)CC4)ncnc3[nH]2)cn1. The lowest BCUT2D eigenvalue weighted by molar-refractivity contribution is -0.150. The lowest BCUT2D eigenvalue weighted by Crippen LogP contribution is -2.47. The second-order valence-electron chi connectivity index (χ2n) is 11.3. The maximum absolute atomic E-state index is 13.4. The number of halogens is 1. The maximum Gasteiger partial charge on any atom is 0.333 e. The third-order valence-electron chi connectivity index (χ3n) is 8.10. The third kappa shape index (κ3) is 5.16. The summed E-state index contributed by atoms with van der Waals surface area (Å²) in [6, 6.07) is 8.17. The van der Waals surface area contributed by atoms with Gasteiger partial charge in [-0.2, -0.15) is 5.10 Å². The average molecular weight is 585 g/mol. The van der Waals surface area contributed by atoms with Crippen molar-refractivity contribution in [3.8, 4) is 11.3 Å². The second kappa shape index (κ2) is 10.7. The highest BCUT2D eigenvalue weighted by Crippen LogP contribution is 2.31. The van der Waals surface area contributed by atoms with E-state index >= 15 is 0 Å². The molecule has 1 atom stereocenters. The molecule has 0 amide bonds. The molecule has 5 aromatic rings. The van der Waals surface area contributed by atoms with Crippen LogP contribution in [0.5, 0.6) is 0 Å². The van der Waals surface area contributed by atoms with E-state index in [4.69, 9.17) is 10.5 Å². The molecule has 1 aromatic carbocycles. The Balaban J connectivity index is 1.16. The summed E-state index contributed by atoms with van der Waals surface area (Å²) < 4.78 is 19.9. The van der Waals surface area contributed by atoms with Gasteiger partial charge in [0, 0.05) is 55.9 Å². The predicted octanol–water partition coefficient (Wildman–Crippen LogP) is 3.21. The van der Waals surface area contributed by atoms with E-state index < -0.39 is 11.1 Å². The molecule has 12 nitrogen and oxygen atoms in total. The standard InChI is InChI=1S/C30H33FN10O2/c1-29(2,27(42)43-4)41-17-19(14-37-41)24-13-23-25(38-24)35-18-36-26(23)39-9-11-40(12-10-39)28-33-15-21(16-34-28)30(3,32)20-5-7-22(31)8-6-20/h5-8,13-18H,9-12,32H2,1-4H3,(H,35,36,38). The van der Waals surface area contributed by atoms with Crippen molar-refractivity contribution in [1.29, 1.82) is 0 Å². The summed E-state index contributed by atoms with van der Waals surface area (Å²) >= 11 is 0. The highest BCUT2D eigenvalue weighted by atomic mass is 19.1. The van der Waals surface area contributed by atoms with Crippen LogP contribution in [-0.2, 0) is 20.6 Å². The Kier molecular flexibility index (Phi) is 7.04. The number of methoxy groups -OCH3 is 1. The van der Waals surface area contributed by atoms with E-state index in [0.29, 0.717) is 37.8 Å². The largest absolute Gasteiger partial charge is 0.467 e. The van der Waals surface area contributed by atoms with Gasteiger partial charge in [0.15, 0.2) is 5.54 Å². The number of benzene rings is 1. The molecule has 222 valence electrons. The number of aromatic amines is 1. The van der Waals surface area contributed by atoms with Crippen molar-refractivity contribution in [3.63, 3.8) is 0 Å². The number of nitrogens with two attached hydrogens (primary N) is 1. The first-order chi connectivity index (χ1) is 20.6. The van der Waals surface area contributed by atoms with Crippen molar-refractivity contribution in [2.24, 2.45) is 5.73 Å². The van der Waals surface area contributed by atoms with Crippen LogP contribution in [0.2, 0.25) is 0 Å². The van der Waals surface area contributed by atoms with Crippen molar-refractivity contribution < 1.29 is 13.9 Å². The topological polar surface area (TPSA) is 144 Å². The Morgan fingerprint density at radius 2 is 1.63 bits per heavy atom. The lowest BCUT2D eigenvalue weighted by atomic mass is 9.87. The monoisotopic (exact) mass is 584 g/mol. The van der Waals surface area contributed by atoms with E-state index in [0.717, 1.165) is 33.6 Å². The van der Waals surface area contributed by atoms with E-state index in [1.54, 1.807) is 55.6 Å². The number of hydrogen-bond donors (Lipinski definition) is 2. The van der Waals surface area contributed by atoms with Gasteiger partial charge in [0.25, 0.3) is 0 Å². The number of fused-ring (bicyclic) bond motifs is 1. The summed E-state index contributed by atoms with van der Waals surface area (Å²) in [5, 5.41) is 5.30. The fraction of sp³-hybridized carbons (Fsp3) is 0.333. The first-order valence-electron chi connectivity index (χ1n) is 13.9. The number of rotatable bonds is 7. The van der Waals surface area contributed by atoms with Crippen molar-refractivity contribution in [1.82, 2.24) is 34.7 Å². The molecule has 3 N–H and O–H groups in total. The van der Waals surface area contributed by atoms with Crippen LogP contribution in [0, 0.1) is 5.82 Å². The summed E-state index contributed by atoms with van der Waals surface area (Å²) in [7, 11) is 1.36. The molecular weight excluding hydrogens is 551 g/mol. The summed E-state index contributed by atoms with van der Waals surface area (Å²) in [6.07, 6.45) is 8.55. The second-order valence-corrected chi connectivity index (χ2v) is 11.3. The van der Waals surface area contributed by atoms with Crippen LogP contribution in [-0.4, -0.2) is 74.0 Å². The Morgan fingerprint density at radius 1 is 0.953 bits per heavy atom. The van der Waals surface area contributed by atoms with Crippen LogP contribution in [0.15, 0.2) is 61.4 Å². The van der Waals surface area contributed by atoms with Crippen LogP contribution in [0.4, 0.5) is 16.2 Å². The van der Waals surface area contributed by atoms with Crippen molar-refractivity contribution in [2.75, 3.05) is 43.1 Å². The van der Waals surface area contributed by atoms with Gasteiger partial charge in [0.05, 0.1) is 29.9 Å². The highest BCUT2D eigenvalue weighted by Gasteiger charge is 2.32. The molecule has 0 saturated carbocycles. The number of carbonyl (C=O) groups is 1. The van der Waals surface area contributed by atoms with Gasteiger partial charge in [-0.25, -0.2) is 29.1 Å². The fourth-order valence-electron chi connectivity index (χ4n) is 5.28. The summed E-state index contributed by atoms with van der Waals surface area (Å²) in [5.41, 5.74) is 8.66. The molecule has 0 bridgehead atoms. The Morgan fingerprint density at radius 3 is 2.30 bits per heavy atom. The number of H-pyrrole nitrogens is 1. The van der Waals surface area contributed by atoms with Crippen LogP contribution < -0.4 is 15.5 Å². The van der Waals surface area contributed by atoms with E-state index in [1.807, 2.05) is 19.2 Å². The van der Waals surface area contributed by atoms with Gasteiger partial charge >= 0.3 is 5.97 Å². The molecule has 1 fully saturated rings. The number of carbonyl (C=O) groups excluding carboxylic acids is 1. The van der Waals surface area contributed by atoms with Crippen molar-refractivity contribution in [3.05, 3.63) is 78.4 Å². The summed E-state index contributed by atoms with van der Waals surface area (Å²) in [4.78, 5) is 38.2. The molecule has 1 saturated heterocycles. The van der Waals surface area contributed by atoms with E-state index in [1.165, 1.54) is 19.2 Å². The average Bonchev–Trinajstić information content (AvgIpc) is 3.69. The molecule has 4 aromatic heterocycles. The minimum Gasteiger partial charge on any atom is -0.467 e. The van der Waals surface area contributed by atoms with Crippen molar-refractivity contribution >= 4 is 28.8 Å². The van der Waals surface area contributed by atoms with Gasteiger partial charge in [-0.1, -0.05) is 12.1 Å². The number of nitrogens with one attached hydrogen (secondary N) is 1. The van der Waals surface area contributed by atoms with Crippen LogP contribution in [0.1, 0.15) is 31.9 Å². The minimum atomic E-state index is -0.944. The normalized spacial score (nSPS) is 15.5. The zero-order chi connectivity index (χ0) is 30.4. The molecule has 6 rings (SSSR count). The molecule has 5 heterocycles. The minimum absolute atomic E-state index is 0.307. The molecule has 0 aliphatic carbocycles. The van der Waals surface area contributed by atoms with Gasteiger partial charge in [-0.05, 0) is 44.5 Å². The summed E-state index contributed by atoms with van der Waals surface area (Å²) in [5.74, 6) is 0.777. The molecule has 13 heteroatoms. The third-order valence-corrected chi connectivity index (χ3v) is 8.10. The van der Waals surface area contributed by atoms with E-state index in [-0.39, 0.29) is 11.8 Å². The van der Waals surface area contributed by atoms with Crippen molar-refractivity contribution in [2.45, 2.75) is 31.8 Å². The van der Waals surface area contributed by atoms with Crippen LogP contribution >= 0.6 is 0 Å². The fourth-order valence-corrected chi connectivity index (χ4v) is 5.28. The molecular formula is C30H33FN10O2. The molecule has 1 unspecified atom stereocenters. The first-order valence-corrected chi connectivity index (χ1v) is 13.9. The molecule has 1 aliphatic rings. The Hall–Kier alpha value is -4.91. The first kappa shape index (κ1) is 28.2. The number of ether oxygens (including phenoxy) is 1. The number of anilines is 2. The zero-order valence-electron chi connectivity index (χ0n) is 24.5. The van der Waals surface area contributed by atoms with Crippen LogP contribution in [0.25, 0.3) is 22.3 Å². The van der Waals surface area contributed by atoms with Gasteiger partial charge in [0.2, 0.25) is 5.95 Å². The number of nitrogens with zero attached hydrogens (tertiary/aromatic N) is 8. The summed E-state index contributed by atoms with van der Waals surface area (Å²) in [6.45, 7) is 8.21. The number of piperazine rings is 1. The number of aromatic nitrogens is 7. The molecule has 43 heavy (non-hydrogen) atoms. The predicted molar refractivity (Wildman–Crippen MR) is 160 cm³/mol. The van der Waals surface area contributed by atoms with Gasteiger partial charge in [-0.15, -0.1) is 0 Å². The van der Waals surface area contributed by atoms with E-state index in [2.05, 4.69) is 39.8 Å². The van der Waals surface area contributed by atoms with Gasteiger partial charge in [0.1, 0.15) is 23.6 Å². The number of hydrogen-bond acceptors (Lipinski definition) is 10. The smallest absolute Gasteiger partial charge is 0.333 e. The van der Waals surface area contributed by atoms with E-state index in [9.17, 15) is 9.18 Å². The van der Waals surface area contributed by atoms with Crippen LogP contribution in [0.3, 0.4) is 0 Å². The quantitative estimate of drug-likeness (QED) is 0.274. The highest BCUT2D eigenvalue weighted by molar-refractivity contribution is 5.92. The van der Waals surface area contributed by atoms with Gasteiger partial charge < -0.3 is 25.3 Å². The molecule has 0 spiro atoms. The Bertz CT molecular complexity index is 1750. The molecule has 1 aliphatic heterocycles. The lowest BCUT2D eigenvalue weighted by Gasteiger charge is -2.35.